The van der Waals surface area contributed by atoms with E-state index in [4.69, 9.17) is 9.97 Å². The summed E-state index contributed by atoms with van der Waals surface area (Å²) in [5.41, 5.74) is 7.29. The molecule has 1 fully saturated rings. The van der Waals surface area contributed by atoms with Gasteiger partial charge in [0.1, 0.15) is 5.52 Å². The number of nitrogens with one attached hydrogen (secondary N) is 3. The molecule has 0 unspecified atom stereocenters. The van der Waals surface area contributed by atoms with Gasteiger partial charge in [-0.25, -0.2) is 15.0 Å². The summed E-state index contributed by atoms with van der Waals surface area (Å²) in [5.74, 6) is 0.707. The third kappa shape index (κ3) is 3.79. The fourth-order valence-corrected chi connectivity index (χ4v) is 4.55. The summed E-state index contributed by atoms with van der Waals surface area (Å²) in [7, 11) is 0. The number of aromatic amines is 2. The van der Waals surface area contributed by atoms with Crippen LogP contribution in [0.25, 0.3) is 56.2 Å². The van der Waals surface area contributed by atoms with Gasteiger partial charge in [0.25, 0.3) is 0 Å². The average molecular weight is 488 g/mol. The number of rotatable bonds is 5. The highest BCUT2D eigenvalue weighted by atomic mass is 16.1. The Kier molecular flexibility index (Phi) is 4.95. The van der Waals surface area contributed by atoms with Crippen molar-refractivity contribution in [3.8, 4) is 34.0 Å². The van der Waals surface area contributed by atoms with Gasteiger partial charge < -0.3 is 10.3 Å². The van der Waals surface area contributed by atoms with Gasteiger partial charge in [-0.1, -0.05) is 12.5 Å². The molecule has 0 aromatic carbocycles. The Labute approximate surface area is 210 Å². The highest BCUT2D eigenvalue weighted by Crippen LogP contribution is 2.31. The van der Waals surface area contributed by atoms with Crippen LogP contribution in [0.3, 0.4) is 0 Å². The number of aromatic nitrogens is 8. The van der Waals surface area contributed by atoms with Crippen LogP contribution in [0.1, 0.15) is 19.3 Å². The summed E-state index contributed by atoms with van der Waals surface area (Å²) in [4.78, 5) is 38.5. The maximum Gasteiger partial charge on any atom is 0.227 e. The van der Waals surface area contributed by atoms with Crippen molar-refractivity contribution in [1.82, 2.24) is 40.1 Å². The van der Waals surface area contributed by atoms with Gasteiger partial charge in [-0.3, -0.25) is 19.9 Å². The number of carbonyl (C=O) groups excluding carboxylic acids is 1. The lowest BCUT2D eigenvalue weighted by atomic mass is 9.85. The molecule has 1 aliphatic carbocycles. The van der Waals surface area contributed by atoms with E-state index in [2.05, 4.69) is 35.5 Å². The van der Waals surface area contributed by atoms with Gasteiger partial charge in [0.05, 0.1) is 34.3 Å². The first-order valence-electron chi connectivity index (χ1n) is 12.1. The first kappa shape index (κ1) is 21.3. The second-order valence-electron chi connectivity index (χ2n) is 9.10. The number of amides is 1. The van der Waals surface area contributed by atoms with Crippen LogP contribution in [0.4, 0.5) is 5.69 Å². The molecule has 37 heavy (non-hydrogen) atoms. The van der Waals surface area contributed by atoms with Crippen LogP contribution in [0.15, 0.2) is 67.3 Å². The van der Waals surface area contributed by atoms with E-state index in [9.17, 15) is 4.79 Å². The van der Waals surface area contributed by atoms with E-state index in [0.717, 1.165) is 47.1 Å². The van der Waals surface area contributed by atoms with Crippen LogP contribution >= 0.6 is 0 Å². The van der Waals surface area contributed by atoms with Crippen LogP contribution in [-0.4, -0.2) is 46.0 Å². The number of H-pyrrole nitrogens is 2. The molecule has 0 saturated heterocycles. The largest absolute Gasteiger partial charge is 0.335 e. The second kappa shape index (κ2) is 8.59. The minimum absolute atomic E-state index is 0.0503. The third-order valence-corrected chi connectivity index (χ3v) is 6.74. The minimum atomic E-state index is 0.0503. The monoisotopic (exact) mass is 487 g/mol. The van der Waals surface area contributed by atoms with Crippen LogP contribution < -0.4 is 5.32 Å². The Morgan fingerprint density at radius 2 is 1.92 bits per heavy atom. The van der Waals surface area contributed by atoms with E-state index in [1.807, 2.05) is 42.5 Å². The summed E-state index contributed by atoms with van der Waals surface area (Å²) in [6.45, 7) is 0. The van der Waals surface area contributed by atoms with Crippen LogP contribution in [0.5, 0.6) is 0 Å². The molecule has 0 radical (unpaired) electrons. The van der Waals surface area contributed by atoms with E-state index >= 15 is 0 Å². The Balaban J connectivity index is 1.26. The maximum atomic E-state index is 12.4. The van der Waals surface area contributed by atoms with Crippen molar-refractivity contribution < 1.29 is 4.79 Å². The average Bonchev–Trinajstić information content (AvgIpc) is 3.52. The molecule has 0 atom stereocenters. The summed E-state index contributed by atoms with van der Waals surface area (Å²) in [5, 5.41) is 10.5. The molecule has 3 N–H and O–H groups in total. The lowest BCUT2D eigenvalue weighted by Crippen LogP contribution is -2.28. The van der Waals surface area contributed by atoms with Crippen LogP contribution in [0, 0.1) is 5.92 Å². The molecule has 6 aromatic rings. The van der Waals surface area contributed by atoms with Crippen molar-refractivity contribution in [1.29, 1.82) is 0 Å². The topological polar surface area (TPSA) is 138 Å². The van der Waals surface area contributed by atoms with Gasteiger partial charge in [-0.05, 0) is 49.2 Å². The first-order valence-corrected chi connectivity index (χ1v) is 12.1. The Morgan fingerprint density at radius 3 is 2.76 bits per heavy atom. The van der Waals surface area contributed by atoms with E-state index in [-0.39, 0.29) is 11.8 Å². The van der Waals surface area contributed by atoms with E-state index in [1.165, 1.54) is 0 Å². The highest BCUT2D eigenvalue weighted by Gasteiger charge is 2.25. The van der Waals surface area contributed by atoms with Crippen molar-refractivity contribution in [2.24, 2.45) is 5.92 Å². The van der Waals surface area contributed by atoms with Gasteiger partial charge >= 0.3 is 0 Å². The predicted molar refractivity (Wildman–Crippen MR) is 139 cm³/mol. The van der Waals surface area contributed by atoms with Crippen molar-refractivity contribution in [3.63, 3.8) is 0 Å². The zero-order chi connectivity index (χ0) is 24.8. The Hall–Kier alpha value is -4.99. The maximum absolute atomic E-state index is 12.4. The van der Waals surface area contributed by atoms with Gasteiger partial charge in [-0.15, -0.1) is 0 Å². The molecule has 6 heterocycles. The molecule has 6 aromatic heterocycles. The lowest BCUT2D eigenvalue weighted by molar-refractivity contribution is -0.122. The van der Waals surface area contributed by atoms with E-state index in [0.29, 0.717) is 34.1 Å². The number of carbonyl (C=O) groups is 1. The Bertz CT molecular complexity index is 1770. The first-order chi connectivity index (χ1) is 18.2. The van der Waals surface area contributed by atoms with Gasteiger partial charge in [0, 0.05) is 35.6 Å². The summed E-state index contributed by atoms with van der Waals surface area (Å²) < 4.78 is 0. The molecule has 1 saturated carbocycles. The van der Waals surface area contributed by atoms with Gasteiger partial charge in [-0.2, -0.15) is 5.10 Å². The quantitative estimate of drug-likeness (QED) is 0.319. The molecule has 180 valence electrons. The number of hydrogen-bond acceptors (Lipinski definition) is 7. The second-order valence-corrected chi connectivity index (χ2v) is 9.10. The zero-order valence-corrected chi connectivity index (χ0v) is 19.6. The molecule has 10 heteroatoms. The lowest BCUT2D eigenvalue weighted by Gasteiger charge is -2.24. The molecule has 1 aliphatic rings. The van der Waals surface area contributed by atoms with Gasteiger partial charge in [0.2, 0.25) is 5.91 Å². The standard InChI is InChI=1S/C27H21N9O/c37-27(15-4-3-5-15)31-17-12-16(13-28-14-17)19-7-8-21-23(32-19)24(36-35-21)26-33-22-18(9-11-30-25(22)34-26)20-6-1-2-10-29-20/h1-2,6-15H,3-5H2,(H,31,37)(H,35,36)(H,30,33,34). The summed E-state index contributed by atoms with van der Waals surface area (Å²) >= 11 is 0. The van der Waals surface area contributed by atoms with Crippen molar-refractivity contribution in [3.05, 3.63) is 67.3 Å². The number of fused-ring (bicyclic) bond motifs is 2. The predicted octanol–water partition coefficient (Wildman–Crippen LogP) is 4.76. The fourth-order valence-electron chi connectivity index (χ4n) is 4.55. The molecule has 1 amide bonds. The molecule has 0 spiro atoms. The van der Waals surface area contributed by atoms with E-state index < -0.39 is 0 Å². The van der Waals surface area contributed by atoms with Crippen molar-refractivity contribution >= 4 is 33.8 Å². The molecule has 0 aliphatic heterocycles. The molecule has 10 nitrogen and oxygen atoms in total. The SMILES string of the molecule is O=C(Nc1cncc(-c2ccc3[nH]nc(-c4nc5nccc(-c6ccccn6)c5[nH]4)c3n2)c1)C1CCC1. The summed E-state index contributed by atoms with van der Waals surface area (Å²) in [6, 6.07) is 13.4. The highest BCUT2D eigenvalue weighted by molar-refractivity contribution is 5.95. The molecular weight excluding hydrogens is 466 g/mol. The number of anilines is 1. The number of hydrogen-bond donors (Lipinski definition) is 3. The number of pyridine rings is 4. The van der Waals surface area contributed by atoms with Crippen LogP contribution in [0.2, 0.25) is 0 Å². The number of nitrogens with zero attached hydrogens (tertiary/aromatic N) is 6. The van der Waals surface area contributed by atoms with Crippen LogP contribution in [-0.2, 0) is 4.79 Å². The third-order valence-electron chi connectivity index (χ3n) is 6.74. The smallest absolute Gasteiger partial charge is 0.227 e. The molecule has 7 rings (SSSR count). The van der Waals surface area contributed by atoms with Crippen molar-refractivity contribution in [2.45, 2.75) is 19.3 Å². The van der Waals surface area contributed by atoms with Crippen molar-refractivity contribution in [2.75, 3.05) is 5.32 Å². The molecular formula is C27H21N9O. The van der Waals surface area contributed by atoms with Gasteiger partial charge in [0.15, 0.2) is 17.2 Å². The molecule has 0 bridgehead atoms. The zero-order valence-electron chi connectivity index (χ0n) is 19.6. The summed E-state index contributed by atoms with van der Waals surface area (Å²) in [6.07, 6.45) is 9.87. The normalized spacial score (nSPS) is 13.6. The fraction of sp³-hybridized carbons (Fsp3) is 0.148. The van der Waals surface area contributed by atoms with E-state index in [1.54, 1.807) is 24.8 Å². The minimum Gasteiger partial charge on any atom is -0.335 e. The Morgan fingerprint density at radius 1 is 0.973 bits per heavy atom. The number of imidazole rings is 1.